The lowest BCUT2D eigenvalue weighted by Gasteiger charge is -2.03. The van der Waals surface area contributed by atoms with Gasteiger partial charge in [-0.3, -0.25) is 4.79 Å². The molecule has 0 aliphatic carbocycles. The molecule has 0 saturated heterocycles. The van der Waals surface area contributed by atoms with Crippen LogP contribution >= 0.6 is 22.9 Å². The average Bonchev–Trinajstić information content (AvgIpc) is 2.73. The van der Waals surface area contributed by atoms with Gasteiger partial charge < -0.3 is 5.32 Å². The van der Waals surface area contributed by atoms with Crippen LogP contribution in [0.25, 0.3) is 0 Å². The topological polar surface area (TPSA) is 42.0 Å². The fourth-order valence-electron chi connectivity index (χ4n) is 1.36. The SMILES string of the molecule is Cc1nc(CNC(=O)c2ccc(Cl)cc2)cs1. The lowest BCUT2D eigenvalue weighted by atomic mass is 10.2. The van der Waals surface area contributed by atoms with Crippen LogP contribution in [0.3, 0.4) is 0 Å². The number of thiazole rings is 1. The molecule has 1 N–H and O–H groups in total. The van der Waals surface area contributed by atoms with Gasteiger partial charge in [-0.05, 0) is 31.2 Å². The molecule has 0 atom stereocenters. The van der Waals surface area contributed by atoms with E-state index >= 15 is 0 Å². The summed E-state index contributed by atoms with van der Waals surface area (Å²) in [5.41, 5.74) is 1.48. The molecular formula is C12H11ClN2OS. The minimum atomic E-state index is -0.118. The first-order valence-electron chi connectivity index (χ1n) is 5.10. The number of aryl methyl sites for hydroxylation is 1. The zero-order valence-electron chi connectivity index (χ0n) is 9.24. The third-order valence-electron chi connectivity index (χ3n) is 2.20. The number of hydrogen-bond acceptors (Lipinski definition) is 3. The van der Waals surface area contributed by atoms with E-state index in [0.29, 0.717) is 17.1 Å². The Kier molecular flexibility index (Phi) is 3.76. The quantitative estimate of drug-likeness (QED) is 0.928. The summed E-state index contributed by atoms with van der Waals surface area (Å²) >= 11 is 7.33. The molecule has 0 spiro atoms. The number of nitrogens with zero attached hydrogens (tertiary/aromatic N) is 1. The van der Waals surface area contributed by atoms with Crippen molar-refractivity contribution < 1.29 is 4.79 Å². The number of halogens is 1. The highest BCUT2D eigenvalue weighted by Gasteiger charge is 2.05. The molecule has 2 rings (SSSR count). The molecule has 0 fully saturated rings. The highest BCUT2D eigenvalue weighted by Crippen LogP contribution is 2.10. The van der Waals surface area contributed by atoms with Gasteiger partial charge in [0.1, 0.15) is 0 Å². The number of nitrogens with one attached hydrogen (secondary N) is 1. The van der Waals surface area contributed by atoms with Gasteiger partial charge in [0, 0.05) is 16.0 Å². The van der Waals surface area contributed by atoms with Crippen molar-refractivity contribution in [3.8, 4) is 0 Å². The lowest BCUT2D eigenvalue weighted by Crippen LogP contribution is -2.22. The first-order chi connectivity index (χ1) is 8.15. The number of carbonyl (C=O) groups excluding carboxylic acids is 1. The smallest absolute Gasteiger partial charge is 0.251 e. The first-order valence-corrected chi connectivity index (χ1v) is 6.35. The Balaban J connectivity index is 1.95. The third-order valence-corrected chi connectivity index (χ3v) is 3.28. The van der Waals surface area contributed by atoms with Crippen molar-refractivity contribution in [2.75, 3.05) is 0 Å². The van der Waals surface area contributed by atoms with Gasteiger partial charge in [-0.2, -0.15) is 0 Å². The monoisotopic (exact) mass is 266 g/mol. The normalized spacial score (nSPS) is 10.2. The summed E-state index contributed by atoms with van der Waals surface area (Å²) in [5, 5.41) is 6.37. The Morgan fingerprint density at radius 3 is 2.71 bits per heavy atom. The van der Waals surface area contributed by atoms with E-state index in [9.17, 15) is 4.79 Å². The Morgan fingerprint density at radius 2 is 2.12 bits per heavy atom. The van der Waals surface area contributed by atoms with Crippen LogP contribution in [0, 0.1) is 6.92 Å². The standard InChI is InChI=1S/C12H11ClN2OS/c1-8-15-11(7-17-8)6-14-12(16)9-2-4-10(13)5-3-9/h2-5,7H,6H2,1H3,(H,14,16). The van der Waals surface area contributed by atoms with Gasteiger partial charge in [-0.15, -0.1) is 11.3 Å². The van der Waals surface area contributed by atoms with Crippen LogP contribution in [0.4, 0.5) is 0 Å². The molecule has 88 valence electrons. The van der Waals surface area contributed by atoms with Crippen LogP contribution in [-0.2, 0) is 6.54 Å². The molecule has 1 heterocycles. The second-order valence-electron chi connectivity index (χ2n) is 3.55. The summed E-state index contributed by atoms with van der Waals surface area (Å²) < 4.78 is 0. The average molecular weight is 267 g/mol. The van der Waals surface area contributed by atoms with E-state index in [1.807, 2.05) is 12.3 Å². The minimum absolute atomic E-state index is 0.118. The van der Waals surface area contributed by atoms with Crippen LogP contribution in [0.2, 0.25) is 5.02 Å². The summed E-state index contributed by atoms with van der Waals surface area (Å²) in [5.74, 6) is -0.118. The predicted molar refractivity (Wildman–Crippen MR) is 69.5 cm³/mol. The highest BCUT2D eigenvalue weighted by molar-refractivity contribution is 7.09. The zero-order valence-corrected chi connectivity index (χ0v) is 10.8. The molecule has 0 saturated carbocycles. The van der Waals surface area contributed by atoms with Gasteiger partial charge in [0.05, 0.1) is 17.2 Å². The molecule has 1 amide bonds. The van der Waals surface area contributed by atoms with Crippen molar-refractivity contribution >= 4 is 28.8 Å². The Hall–Kier alpha value is -1.39. The van der Waals surface area contributed by atoms with E-state index in [4.69, 9.17) is 11.6 Å². The van der Waals surface area contributed by atoms with Crippen LogP contribution in [0.5, 0.6) is 0 Å². The van der Waals surface area contributed by atoms with Crippen molar-refractivity contribution in [1.82, 2.24) is 10.3 Å². The maximum atomic E-state index is 11.8. The Bertz CT molecular complexity index is 522. The van der Waals surface area contributed by atoms with E-state index in [0.717, 1.165) is 10.7 Å². The highest BCUT2D eigenvalue weighted by atomic mass is 35.5. The summed E-state index contributed by atoms with van der Waals surface area (Å²) in [7, 11) is 0. The molecule has 0 aliphatic rings. The summed E-state index contributed by atoms with van der Waals surface area (Å²) in [4.78, 5) is 16.0. The van der Waals surface area contributed by atoms with Crippen LogP contribution in [0.1, 0.15) is 21.1 Å². The molecule has 0 unspecified atom stereocenters. The summed E-state index contributed by atoms with van der Waals surface area (Å²) in [6.07, 6.45) is 0. The van der Waals surface area contributed by atoms with Crippen molar-refractivity contribution in [1.29, 1.82) is 0 Å². The molecule has 5 heteroatoms. The minimum Gasteiger partial charge on any atom is -0.346 e. The van der Waals surface area contributed by atoms with Gasteiger partial charge in [-0.25, -0.2) is 4.98 Å². The number of amides is 1. The second kappa shape index (κ2) is 5.29. The van der Waals surface area contributed by atoms with E-state index < -0.39 is 0 Å². The predicted octanol–water partition coefficient (Wildman–Crippen LogP) is 3.03. The molecule has 0 radical (unpaired) electrons. The molecular weight excluding hydrogens is 256 g/mol. The fourth-order valence-corrected chi connectivity index (χ4v) is 2.10. The van der Waals surface area contributed by atoms with Crippen LogP contribution in [0.15, 0.2) is 29.6 Å². The molecule has 2 aromatic rings. The van der Waals surface area contributed by atoms with Gasteiger partial charge >= 0.3 is 0 Å². The molecule has 0 aliphatic heterocycles. The number of rotatable bonds is 3. The van der Waals surface area contributed by atoms with Gasteiger partial charge in [0.2, 0.25) is 0 Å². The maximum absolute atomic E-state index is 11.8. The molecule has 1 aromatic heterocycles. The number of benzene rings is 1. The largest absolute Gasteiger partial charge is 0.346 e. The number of hydrogen-bond donors (Lipinski definition) is 1. The second-order valence-corrected chi connectivity index (χ2v) is 5.05. The molecule has 3 nitrogen and oxygen atoms in total. The van der Waals surface area contributed by atoms with E-state index in [1.165, 1.54) is 0 Å². The molecule has 1 aromatic carbocycles. The first kappa shape index (κ1) is 12.1. The van der Waals surface area contributed by atoms with Crippen molar-refractivity contribution in [3.05, 3.63) is 50.9 Å². The van der Waals surface area contributed by atoms with Crippen LogP contribution < -0.4 is 5.32 Å². The number of aromatic nitrogens is 1. The van der Waals surface area contributed by atoms with Crippen LogP contribution in [-0.4, -0.2) is 10.9 Å². The lowest BCUT2D eigenvalue weighted by molar-refractivity contribution is 0.0950. The summed E-state index contributed by atoms with van der Waals surface area (Å²) in [6.45, 7) is 2.39. The summed E-state index contributed by atoms with van der Waals surface area (Å²) in [6, 6.07) is 6.79. The Labute approximate surface area is 108 Å². The van der Waals surface area contributed by atoms with Crippen molar-refractivity contribution in [2.45, 2.75) is 13.5 Å². The van der Waals surface area contributed by atoms with Gasteiger partial charge in [-0.1, -0.05) is 11.6 Å². The molecule has 17 heavy (non-hydrogen) atoms. The van der Waals surface area contributed by atoms with Crippen molar-refractivity contribution in [3.63, 3.8) is 0 Å². The third kappa shape index (κ3) is 3.28. The van der Waals surface area contributed by atoms with E-state index in [2.05, 4.69) is 10.3 Å². The molecule has 0 bridgehead atoms. The Morgan fingerprint density at radius 1 is 1.41 bits per heavy atom. The number of carbonyl (C=O) groups is 1. The van der Waals surface area contributed by atoms with Gasteiger partial charge in [0.15, 0.2) is 0 Å². The fraction of sp³-hybridized carbons (Fsp3) is 0.167. The maximum Gasteiger partial charge on any atom is 0.251 e. The van der Waals surface area contributed by atoms with Gasteiger partial charge in [0.25, 0.3) is 5.91 Å². The van der Waals surface area contributed by atoms with E-state index in [1.54, 1.807) is 35.6 Å². The van der Waals surface area contributed by atoms with E-state index in [-0.39, 0.29) is 5.91 Å². The van der Waals surface area contributed by atoms with Crippen molar-refractivity contribution in [2.24, 2.45) is 0 Å². The zero-order chi connectivity index (χ0) is 12.3.